The molecule has 3 rings (SSSR count). The number of carboxylic acids is 1. The first-order valence-corrected chi connectivity index (χ1v) is 7.43. The predicted octanol–water partition coefficient (Wildman–Crippen LogP) is 3.36. The van der Waals surface area contributed by atoms with E-state index >= 15 is 0 Å². The zero-order valence-electron chi connectivity index (χ0n) is 12.9. The molecule has 1 unspecified atom stereocenters. The second-order valence-corrected chi connectivity index (χ2v) is 6.58. The van der Waals surface area contributed by atoms with Crippen molar-refractivity contribution in [3.05, 3.63) is 65.5 Å². The molecule has 2 aromatic rings. The third kappa shape index (κ3) is 2.74. The Balaban J connectivity index is 1.81. The Kier molecular flexibility index (Phi) is 3.71. The van der Waals surface area contributed by atoms with Gasteiger partial charge in [0.25, 0.3) is 0 Å². The highest BCUT2D eigenvalue weighted by molar-refractivity contribution is 5.87. The summed E-state index contributed by atoms with van der Waals surface area (Å²) in [7, 11) is 0. The van der Waals surface area contributed by atoms with Gasteiger partial charge >= 0.3 is 5.97 Å². The molecule has 2 heterocycles. The minimum Gasteiger partial charge on any atom is -0.478 e. The van der Waals surface area contributed by atoms with Crippen LogP contribution < -0.4 is 0 Å². The number of benzene rings is 1. The zero-order valence-corrected chi connectivity index (χ0v) is 12.9. The van der Waals surface area contributed by atoms with Crippen molar-refractivity contribution in [1.82, 2.24) is 9.88 Å². The van der Waals surface area contributed by atoms with E-state index < -0.39 is 5.97 Å². The molecule has 114 valence electrons. The molecule has 22 heavy (non-hydrogen) atoms. The van der Waals surface area contributed by atoms with E-state index in [9.17, 15) is 4.79 Å². The van der Waals surface area contributed by atoms with E-state index in [4.69, 9.17) is 5.11 Å². The van der Waals surface area contributed by atoms with Gasteiger partial charge in [-0.25, -0.2) is 4.79 Å². The number of rotatable bonds is 4. The van der Waals surface area contributed by atoms with Crippen LogP contribution in [0.2, 0.25) is 0 Å². The number of hydrogen-bond donors (Lipinski definition) is 1. The zero-order chi connectivity index (χ0) is 15.7. The smallest absolute Gasteiger partial charge is 0.335 e. The van der Waals surface area contributed by atoms with Gasteiger partial charge in [0.2, 0.25) is 0 Å². The van der Waals surface area contributed by atoms with Crippen molar-refractivity contribution in [2.45, 2.75) is 26.4 Å². The molecule has 1 N–H and O–H groups in total. The first kappa shape index (κ1) is 14.7. The maximum Gasteiger partial charge on any atom is 0.335 e. The summed E-state index contributed by atoms with van der Waals surface area (Å²) < 4.78 is 0. The molecule has 4 nitrogen and oxygen atoms in total. The predicted molar refractivity (Wildman–Crippen MR) is 84.6 cm³/mol. The molecule has 1 aliphatic rings. The number of aromatic carboxylic acids is 1. The van der Waals surface area contributed by atoms with Crippen LogP contribution in [0.4, 0.5) is 0 Å². The van der Waals surface area contributed by atoms with E-state index in [1.165, 1.54) is 5.56 Å². The summed E-state index contributed by atoms with van der Waals surface area (Å²) >= 11 is 0. The number of pyridine rings is 1. The average molecular weight is 296 g/mol. The Morgan fingerprint density at radius 2 is 2.05 bits per heavy atom. The lowest BCUT2D eigenvalue weighted by atomic mass is 9.71. The quantitative estimate of drug-likeness (QED) is 0.940. The van der Waals surface area contributed by atoms with Crippen LogP contribution in [-0.4, -0.2) is 27.5 Å². The number of carboxylic acid groups (broad SMARTS) is 1. The van der Waals surface area contributed by atoms with Crippen molar-refractivity contribution >= 4 is 5.97 Å². The van der Waals surface area contributed by atoms with Crippen LogP contribution in [0.3, 0.4) is 0 Å². The maximum atomic E-state index is 11.1. The van der Waals surface area contributed by atoms with E-state index in [2.05, 4.69) is 35.9 Å². The lowest BCUT2D eigenvalue weighted by Gasteiger charge is -2.54. The SMILES string of the molecule is CC1(C)CN(Cc2cccc(C(=O)O)c2)C1c1ccncc1. The van der Waals surface area contributed by atoms with Crippen molar-refractivity contribution in [3.63, 3.8) is 0 Å². The highest BCUT2D eigenvalue weighted by Gasteiger charge is 2.46. The van der Waals surface area contributed by atoms with Crippen molar-refractivity contribution in [2.24, 2.45) is 5.41 Å². The van der Waals surface area contributed by atoms with Crippen LogP contribution in [0.1, 0.15) is 41.4 Å². The molecule has 0 radical (unpaired) electrons. The minimum absolute atomic E-state index is 0.214. The summed E-state index contributed by atoms with van der Waals surface area (Å²) in [6.07, 6.45) is 3.65. The van der Waals surface area contributed by atoms with Gasteiger partial charge in [0.05, 0.1) is 5.56 Å². The minimum atomic E-state index is -0.878. The molecule has 4 heteroatoms. The fourth-order valence-electron chi connectivity index (χ4n) is 3.48. The lowest BCUT2D eigenvalue weighted by molar-refractivity contribution is -0.0588. The summed E-state index contributed by atoms with van der Waals surface area (Å²) in [6.45, 7) is 6.29. The molecule has 1 aliphatic heterocycles. The summed E-state index contributed by atoms with van der Waals surface area (Å²) in [4.78, 5) is 17.6. The van der Waals surface area contributed by atoms with Crippen molar-refractivity contribution in [2.75, 3.05) is 6.54 Å². The fourth-order valence-corrected chi connectivity index (χ4v) is 3.48. The van der Waals surface area contributed by atoms with Gasteiger partial charge < -0.3 is 5.11 Å². The van der Waals surface area contributed by atoms with E-state index in [-0.39, 0.29) is 5.41 Å². The van der Waals surface area contributed by atoms with Crippen LogP contribution in [0.5, 0.6) is 0 Å². The number of nitrogens with zero attached hydrogens (tertiary/aromatic N) is 2. The van der Waals surface area contributed by atoms with Crippen molar-refractivity contribution in [1.29, 1.82) is 0 Å². The summed E-state index contributed by atoms with van der Waals surface area (Å²) in [6, 6.07) is 11.7. The normalized spacial score (nSPS) is 20.4. The number of likely N-dealkylation sites (tertiary alicyclic amines) is 1. The molecule has 1 saturated heterocycles. The largest absolute Gasteiger partial charge is 0.478 e. The molecule has 1 aromatic carbocycles. The van der Waals surface area contributed by atoms with Crippen LogP contribution in [0.25, 0.3) is 0 Å². The Morgan fingerprint density at radius 1 is 1.32 bits per heavy atom. The van der Waals surface area contributed by atoms with Crippen LogP contribution in [0.15, 0.2) is 48.8 Å². The third-order valence-electron chi connectivity index (χ3n) is 4.30. The van der Waals surface area contributed by atoms with Gasteiger partial charge in [-0.2, -0.15) is 0 Å². The van der Waals surface area contributed by atoms with Gasteiger partial charge in [0, 0.05) is 31.5 Å². The van der Waals surface area contributed by atoms with E-state index in [1.807, 2.05) is 24.5 Å². The molecule has 1 fully saturated rings. The second-order valence-electron chi connectivity index (χ2n) is 6.58. The monoisotopic (exact) mass is 296 g/mol. The number of hydrogen-bond acceptors (Lipinski definition) is 3. The summed E-state index contributed by atoms with van der Waals surface area (Å²) in [5.74, 6) is -0.878. The summed E-state index contributed by atoms with van der Waals surface area (Å²) in [5, 5.41) is 9.11. The van der Waals surface area contributed by atoms with Crippen molar-refractivity contribution in [3.8, 4) is 0 Å². The van der Waals surface area contributed by atoms with Gasteiger partial charge in [-0.05, 0) is 40.8 Å². The third-order valence-corrected chi connectivity index (χ3v) is 4.30. The first-order chi connectivity index (χ1) is 10.5. The average Bonchev–Trinajstić information content (AvgIpc) is 2.47. The molecule has 0 bridgehead atoms. The van der Waals surface area contributed by atoms with E-state index in [1.54, 1.807) is 12.1 Å². The molecule has 0 saturated carbocycles. The molecule has 0 amide bonds. The first-order valence-electron chi connectivity index (χ1n) is 7.43. The van der Waals surface area contributed by atoms with E-state index in [0.717, 1.165) is 18.7 Å². The topological polar surface area (TPSA) is 53.4 Å². The Bertz CT molecular complexity index is 682. The van der Waals surface area contributed by atoms with Gasteiger partial charge in [-0.3, -0.25) is 9.88 Å². The second kappa shape index (κ2) is 5.54. The summed E-state index contributed by atoms with van der Waals surface area (Å²) in [5.41, 5.74) is 2.86. The van der Waals surface area contributed by atoms with Crippen LogP contribution in [0, 0.1) is 5.41 Å². The van der Waals surface area contributed by atoms with Gasteiger partial charge in [-0.1, -0.05) is 26.0 Å². The maximum absolute atomic E-state index is 11.1. The molecule has 0 spiro atoms. The van der Waals surface area contributed by atoms with Crippen LogP contribution in [-0.2, 0) is 6.54 Å². The molecular formula is C18H20N2O2. The lowest BCUT2D eigenvalue weighted by Crippen LogP contribution is -2.54. The number of carbonyl (C=O) groups is 1. The molecule has 0 aliphatic carbocycles. The molecular weight excluding hydrogens is 276 g/mol. The van der Waals surface area contributed by atoms with Gasteiger partial charge in [0.1, 0.15) is 0 Å². The molecule has 1 atom stereocenters. The molecule has 1 aromatic heterocycles. The van der Waals surface area contributed by atoms with Crippen molar-refractivity contribution < 1.29 is 9.90 Å². The van der Waals surface area contributed by atoms with Gasteiger partial charge in [0.15, 0.2) is 0 Å². The Morgan fingerprint density at radius 3 is 2.68 bits per heavy atom. The number of aromatic nitrogens is 1. The van der Waals surface area contributed by atoms with Crippen LogP contribution >= 0.6 is 0 Å². The Labute approximate surface area is 130 Å². The Hall–Kier alpha value is -2.20. The standard InChI is InChI=1S/C18H20N2O2/c1-18(2)12-20(16(18)14-6-8-19-9-7-14)11-13-4-3-5-15(10-13)17(21)22/h3-10,16H,11-12H2,1-2H3,(H,21,22). The highest BCUT2D eigenvalue weighted by Crippen LogP contribution is 2.48. The van der Waals surface area contributed by atoms with E-state index in [0.29, 0.717) is 11.6 Å². The highest BCUT2D eigenvalue weighted by atomic mass is 16.4. The van der Waals surface area contributed by atoms with Gasteiger partial charge in [-0.15, -0.1) is 0 Å². The fraction of sp³-hybridized carbons (Fsp3) is 0.333.